The van der Waals surface area contributed by atoms with Crippen molar-refractivity contribution in [1.82, 2.24) is 5.32 Å². The van der Waals surface area contributed by atoms with E-state index in [1.165, 1.54) is 11.1 Å². The number of likely N-dealkylation sites (N-methyl/N-ethyl adjacent to an activating group) is 1. The van der Waals surface area contributed by atoms with Crippen LogP contribution in [-0.4, -0.2) is 26.8 Å². The fourth-order valence-electron chi connectivity index (χ4n) is 1.93. The van der Waals surface area contributed by atoms with Gasteiger partial charge in [-0.2, -0.15) is 0 Å². The molecule has 0 fully saturated rings. The molecule has 0 amide bonds. The highest BCUT2D eigenvalue weighted by Crippen LogP contribution is 2.34. The predicted octanol–water partition coefficient (Wildman–Crippen LogP) is 1.92. The van der Waals surface area contributed by atoms with Crippen molar-refractivity contribution in [2.45, 2.75) is 19.8 Å². The van der Waals surface area contributed by atoms with Crippen LogP contribution in [0.15, 0.2) is 12.1 Å². The maximum atomic E-state index is 5.70. The number of hydrogen-bond donors (Lipinski definition) is 1. The van der Waals surface area contributed by atoms with Crippen LogP contribution in [0, 0.1) is 6.92 Å². The molecular weight excluding hydrogens is 202 g/mol. The summed E-state index contributed by atoms with van der Waals surface area (Å²) >= 11 is 0. The summed E-state index contributed by atoms with van der Waals surface area (Å²) in [5.41, 5.74) is 2.47. The maximum absolute atomic E-state index is 5.70. The third-order valence-electron chi connectivity index (χ3n) is 2.76. The van der Waals surface area contributed by atoms with Gasteiger partial charge in [-0.3, -0.25) is 0 Å². The molecule has 1 aliphatic heterocycles. The van der Waals surface area contributed by atoms with Crippen molar-refractivity contribution in [2.75, 3.05) is 26.8 Å². The summed E-state index contributed by atoms with van der Waals surface area (Å²) in [4.78, 5) is 0. The minimum Gasteiger partial charge on any atom is -0.490 e. The molecule has 1 heterocycles. The molecule has 3 nitrogen and oxygen atoms in total. The van der Waals surface area contributed by atoms with Gasteiger partial charge >= 0.3 is 0 Å². The van der Waals surface area contributed by atoms with E-state index in [2.05, 4.69) is 24.4 Å². The van der Waals surface area contributed by atoms with Crippen LogP contribution in [-0.2, 0) is 6.42 Å². The van der Waals surface area contributed by atoms with Crippen LogP contribution in [0.4, 0.5) is 0 Å². The van der Waals surface area contributed by atoms with Crippen molar-refractivity contribution < 1.29 is 9.47 Å². The number of fused-ring (bicyclic) bond motifs is 1. The fourth-order valence-corrected chi connectivity index (χ4v) is 1.93. The lowest BCUT2D eigenvalue weighted by molar-refractivity contribution is 0.296. The average Bonchev–Trinajstić information content (AvgIpc) is 2.51. The number of ether oxygens (including phenoxy) is 2. The standard InChI is InChI=1S/C13H19NO2/c1-10-8-11(4-5-14-2)9-12-13(10)16-7-3-6-15-12/h8-9,14H,3-7H2,1-2H3. The molecule has 0 atom stereocenters. The maximum Gasteiger partial charge on any atom is 0.164 e. The van der Waals surface area contributed by atoms with Crippen molar-refractivity contribution in [2.24, 2.45) is 0 Å². The van der Waals surface area contributed by atoms with E-state index in [9.17, 15) is 0 Å². The molecule has 0 saturated heterocycles. The molecule has 0 radical (unpaired) electrons. The fraction of sp³-hybridized carbons (Fsp3) is 0.538. The third kappa shape index (κ3) is 2.47. The Kier molecular flexibility index (Phi) is 3.67. The average molecular weight is 221 g/mol. The Labute approximate surface area is 96.8 Å². The molecule has 1 N–H and O–H groups in total. The van der Waals surface area contributed by atoms with Crippen LogP contribution in [0.25, 0.3) is 0 Å². The molecule has 1 aromatic rings. The number of benzene rings is 1. The van der Waals surface area contributed by atoms with E-state index >= 15 is 0 Å². The normalized spacial score (nSPS) is 14.6. The molecule has 1 aliphatic rings. The van der Waals surface area contributed by atoms with Gasteiger partial charge in [-0.05, 0) is 44.1 Å². The van der Waals surface area contributed by atoms with Gasteiger partial charge in [0, 0.05) is 6.42 Å². The summed E-state index contributed by atoms with van der Waals surface area (Å²) in [6.07, 6.45) is 1.98. The van der Waals surface area contributed by atoms with Crippen LogP contribution >= 0.6 is 0 Å². The molecule has 1 aromatic carbocycles. The van der Waals surface area contributed by atoms with Gasteiger partial charge in [0.1, 0.15) is 0 Å². The Bertz CT molecular complexity index is 363. The zero-order chi connectivity index (χ0) is 11.4. The van der Waals surface area contributed by atoms with E-state index in [0.29, 0.717) is 0 Å². The highest BCUT2D eigenvalue weighted by Gasteiger charge is 2.13. The van der Waals surface area contributed by atoms with Gasteiger partial charge in [-0.15, -0.1) is 0 Å². The van der Waals surface area contributed by atoms with E-state index in [1.807, 2.05) is 7.05 Å². The number of hydrogen-bond acceptors (Lipinski definition) is 3. The molecule has 0 spiro atoms. The molecule has 3 heteroatoms. The molecule has 16 heavy (non-hydrogen) atoms. The van der Waals surface area contributed by atoms with E-state index in [0.717, 1.165) is 44.1 Å². The quantitative estimate of drug-likeness (QED) is 0.846. The van der Waals surface area contributed by atoms with Gasteiger partial charge < -0.3 is 14.8 Å². The Balaban J connectivity index is 2.24. The largest absolute Gasteiger partial charge is 0.490 e. The van der Waals surface area contributed by atoms with Gasteiger partial charge in [0.15, 0.2) is 11.5 Å². The van der Waals surface area contributed by atoms with E-state index < -0.39 is 0 Å². The lowest BCUT2D eigenvalue weighted by atomic mass is 10.1. The monoisotopic (exact) mass is 221 g/mol. The van der Waals surface area contributed by atoms with E-state index in [-0.39, 0.29) is 0 Å². The van der Waals surface area contributed by atoms with Crippen molar-refractivity contribution in [1.29, 1.82) is 0 Å². The first-order valence-electron chi connectivity index (χ1n) is 5.85. The lowest BCUT2D eigenvalue weighted by Gasteiger charge is -2.12. The number of aryl methyl sites for hydroxylation is 1. The van der Waals surface area contributed by atoms with Crippen molar-refractivity contribution in [3.05, 3.63) is 23.3 Å². The molecule has 0 bridgehead atoms. The first kappa shape index (κ1) is 11.3. The van der Waals surface area contributed by atoms with Gasteiger partial charge in [-0.25, -0.2) is 0 Å². The zero-order valence-corrected chi connectivity index (χ0v) is 10.0. The van der Waals surface area contributed by atoms with Gasteiger partial charge in [0.25, 0.3) is 0 Å². The Hall–Kier alpha value is -1.22. The number of nitrogens with one attached hydrogen (secondary N) is 1. The summed E-state index contributed by atoms with van der Waals surface area (Å²) in [5.74, 6) is 1.83. The first-order valence-corrected chi connectivity index (χ1v) is 5.85. The van der Waals surface area contributed by atoms with Crippen LogP contribution in [0.2, 0.25) is 0 Å². The summed E-state index contributed by atoms with van der Waals surface area (Å²) in [5, 5.41) is 3.16. The smallest absolute Gasteiger partial charge is 0.164 e. The molecule has 0 aliphatic carbocycles. The van der Waals surface area contributed by atoms with Crippen molar-refractivity contribution in [3.8, 4) is 11.5 Å². The van der Waals surface area contributed by atoms with Crippen LogP contribution in [0.5, 0.6) is 11.5 Å². The van der Waals surface area contributed by atoms with Gasteiger partial charge in [-0.1, -0.05) is 6.07 Å². The highest BCUT2D eigenvalue weighted by atomic mass is 16.5. The first-order chi connectivity index (χ1) is 7.81. The molecule has 88 valence electrons. The van der Waals surface area contributed by atoms with Crippen molar-refractivity contribution in [3.63, 3.8) is 0 Å². The van der Waals surface area contributed by atoms with Crippen molar-refractivity contribution >= 4 is 0 Å². The minimum absolute atomic E-state index is 0.752. The third-order valence-corrected chi connectivity index (χ3v) is 2.76. The summed E-state index contributed by atoms with van der Waals surface area (Å²) in [6, 6.07) is 4.29. The molecular formula is C13H19NO2. The molecule has 0 saturated carbocycles. The second-order valence-electron chi connectivity index (χ2n) is 4.14. The summed E-state index contributed by atoms with van der Waals surface area (Å²) < 4.78 is 11.4. The SMILES string of the molecule is CNCCc1cc(C)c2c(c1)OCCCO2. The van der Waals surface area contributed by atoms with Crippen LogP contribution in [0.1, 0.15) is 17.5 Å². The molecule has 0 aromatic heterocycles. The summed E-state index contributed by atoms with van der Waals surface area (Å²) in [6.45, 7) is 4.57. The Morgan fingerprint density at radius 3 is 2.88 bits per heavy atom. The molecule has 2 rings (SSSR count). The Morgan fingerprint density at radius 1 is 1.25 bits per heavy atom. The van der Waals surface area contributed by atoms with Gasteiger partial charge in [0.2, 0.25) is 0 Å². The molecule has 0 unspecified atom stereocenters. The predicted molar refractivity (Wildman–Crippen MR) is 64.4 cm³/mol. The van der Waals surface area contributed by atoms with E-state index in [4.69, 9.17) is 9.47 Å². The zero-order valence-electron chi connectivity index (χ0n) is 10.0. The second-order valence-corrected chi connectivity index (χ2v) is 4.14. The Morgan fingerprint density at radius 2 is 2.06 bits per heavy atom. The second kappa shape index (κ2) is 5.21. The lowest BCUT2D eigenvalue weighted by Crippen LogP contribution is -2.10. The topological polar surface area (TPSA) is 30.5 Å². The van der Waals surface area contributed by atoms with Crippen LogP contribution < -0.4 is 14.8 Å². The van der Waals surface area contributed by atoms with E-state index in [1.54, 1.807) is 0 Å². The van der Waals surface area contributed by atoms with Crippen LogP contribution in [0.3, 0.4) is 0 Å². The van der Waals surface area contributed by atoms with Gasteiger partial charge in [0.05, 0.1) is 13.2 Å². The minimum atomic E-state index is 0.752. The highest BCUT2D eigenvalue weighted by molar-refractivity contribution is 5.49. The summed E-state index contributed by atoms with van der Waals surface area (Å²) in [7, 11) is 1.97. The number of rotatable bonds is 3.